The van der Waals surface area contributed by atoms with Crippen LogP contribution in [-0.4, -0.2) is 31.5 Å². The van der Waals surface area contributed by atoms with Gasteiger partial charge in [0.25, 0.3) is 0 Å². The molecule has 1 fully saturated rings. The van der Waals surface area contributed by atoms with Crippen LogP contribution in [0.2, 0.25) is 0 Å². The lowest BCUT2D eigenvalue weighted by molar-refractivity contribution is 0.316. The van der Waals surface area contributed by atoms with Crippen molar-refractivity contribution in [3.05, 3.63) is 96.1 Å². The van der Waals surface area contributed by atoms with Gasteiger partial charge in [-0.3, -0.25) is 4.99 Å². The monoisotopic (exact) mass is 440 g/mol. The molecule has 3 aromatic carbocycles. The van der Waals surface area contributed by atoms with Gasteiger partial charge in [0.1, 0.15) is 11.6 Å². The molecule has 1 heterocycles. The van der Waals surface area contributed by atoms with Crippen LogP contribution in [0.5, 0.6) is 0 Å². The van der Waals surface area contributed by atoms with Crippen molar-refractivity contribution < 1.29 is 17.2 Å². The van der Waals surface area contributed by atoms with Gasteiger partial charge in [-0.05, 0) is 66.9 Å². The minimum atomic E-state index is -3.54. The lowest BCUT2D eigenvalue weighted by Gasteiger charge is -2.32. The van der Waals surface area contributed by atoms with Crippen LogP contribution in [-0.2, 0) is 10.0 Å². The molecule has 160 valence electrons. The lowest BCUT2D eigenvalue weighted by atomic mass is 9.88. The van der Waals surface area contributed by atoms with Gasteiger partial charge in [-0.25, -0.2) is 17.2 Å². The van der Waals surface area contributed by atoms with E-state index in [1.807, 2.05) is 0 Å². The van der Waals surface area contributed by atoms with E-state index in [1.54, 1.807) is 54.6 Å². The Bertz CT molecular complexity index is 1150. The van der Waals surface area contributed by atoms with Crippen LogP contribution >= 0.6 is 0 Å². The minimum absolute atomic E-state index is 0.00209. The summed E-state index contributed by atoms with van der Waals surface area (Å²) in [7, 11) is -3.54. The van der Waals surface area contributed by atoms with Gasteiger partial charge >= 0.3 is 0 Å². The quantitative estimate of drug-likeness (QED) is 0.513. The molecule has 1 aliphatic heterocycles. The molecule has 0 radical (unpaired) electrons. The Kier molecular flexibility index (Phi) is 6.25. The predicted octanol–water partition coefficient (Wildman–Crippen LogP) is 5.19. The second kappa shape index (κ2) is 9.08. The Morgan fingerprint density at radius 3 is 1.94 bits per heavy atom. The van der Waals surface area contributed by atoms with Crippen molar-refractivity contribution in [2.75, 3.05) is 13.1 Å². The summed E-state index contributed by atoms with van der Waals surface area (Å²) >= 11 is 0. The lowest BCUT2D eigenvalue weighted by Crippen LogP contribution is -2.40. The van der Waals surface area contributed by atoms with Gasteiger partial charge in [0.15, 0.2) is 0 Å². The molecule has 4 rings (SSSR count). The highest BCUT2D eigenvalue weighted by Crippen LogP contribution is 2.28. The Labute approximate surface area is 180 Å². The first-order valence-electron chi connectivity index (χ1n) is 10.1. The van der Waals surface area contributed by atoms with Crippen molar-refractivity contribution in [1.82, 2.24) is 4.31 Å². The maximum Gasteiger partial charge on any atom is 0.243 e. The SMILES string of the molecule is O=S(=O)(c1ccccc1)N1CCC(C(=Nc2ccc(F)cc2)c2ccc(F)cc2)CC1. The van der Waals surface area contributed by atoms with Crippen molar-refractivity contribution in [2.24, 2.45) is 10.9 Å². The number of hydrogen-bond acceptors (Lipinski definition) is 3. The van der Waals surface area contributed by atoms with E-state index in [0.717, 1.165) is 11.3 Å². The van der Waals surface area contributed by atoms with Crippen LogP contribution in [0.15, 0.2) is 88.8 Å². The first kappa shape index (κ1) is 21.3. The molecule has 0 bridgehead atoms. The molecule has 0 amide bonds. The summed E-state index contributed by atoms with van der Waals surface area (Å²) in [5, 5.41) is 0. The van der Waals surface area contributed by atoms with E-state index in [1.165, 1.54) is 28.6 Å². The summed E-state index contributed by atoms with van der Waals surface area (Å²) < 4.78 is 54.1. The molecule has 3 aromatic rings. The molecule has 0 aromatic heterocycles. The third-order valence-electron chi connectivity index (χ3n) is 5.44. The van der Waals surface area contributed by atoms with E-state index in [-0.39, 0.29) is 22.4 Å². The predicted molar refractivity (Wildman–Crippen MR) is 117 cm³/mol. The van der Waals surface area contributed by atoms with E-state index in [4.69, 9.17) is 4.99 Å². The number of hydrogen-bond donors (Lipinski definition) is 0. The Morgan fingerprint density at radius 1 is 0.806 bits per heavy atom. The fraction of sp³-hybridized carbons (Fsp3) is 0.208. The number of halogens is 2. The largest absolute Gasteiger partial charge is 0.253 e. The van der Waals surface area contributed by atoms with Gasteiger partial charge in [0, 0.05) is 19.0 Å². The Morgan fingerprint density at radius 2 is 1.35 bits per heavy atom. The smallest absolute Gasteiger partial charge is 0.243 e. The summed E-state index contributed by atoms with van der Waals surface area (Å²) in [6.07, 6.45) is 1.17. The number of sulfonamides is 1. The van der Waals surface area contributed by atoms with Crippen LogP contribution in [0.25, 0.3) is 0 Å². The summed E-state index contributed by atoms with van der Waals surface area (Å²) in [6, 6.07) is 20.4. The maximum atomic E-state index is 13.5. The van der Waals surface area contributed by atoms with Crippen LogP contribution in [0.1, 0.15) is 18.4 Å². The number of nitrogens with zero attached hydrogens (tertiary/aromatic N) is 2. The van der Waals surface area contributed by atoms with Gasteiger partial charge in [-0.15, -0.1) is 0 Å². The van der Waals surface area contributed by atoms with E-state index in [9.17, 15) is 17.2 Å². The van der Waals surface area contributed by atoms with Crippen LogP contribution in [0, 0.1) is 17.6 Å². The molecule has 31 heavy (non-hydrogen) atoms. The van der Waals surface area contributed by atoms with Crippen molar-refractivity contribution in [2.45, 2.75) is 17.7 Å². The fourth-order valence-electron chi connectivity index (χ4n) is 3.78. The van der Waals surface area contributed by atoms with E-state index in [0.29, 0.717) is 31.6 Å². The number of aliphatic imine (C=N–C) groups is 1. The number of rotatable bonds is 5. The molecule has 0 atom stereocenters. The summed E-state index contributed by atoms with van der Waals surface area (Å²) in [5.74, 6) is -0.687. The van der Waals surface area contributed by atoms with Crippen LogP contribution in [0.4, 0.5) is 14.5 Å². The first-order chi connectivity index (χ1) is 14.9. The summed E-state index contributed by atoms with van der Waals surface area (Å²) in [5.41, 5.74) is 2.12. The van der Waals surface area contributed by atoms with Crippen LogP contribution < -0.4 is 0 Å². The fourth-order valence-corrected chi connectivity index (χ4v) is 5.27. The zero-order valence-electron chi connectivity index (χ0n) is 16.8. The van der Waals surface area contributed by atoms with E-state index in [2.05, 4.69) is 0 Å². The topological polar surface area (TPSA) is 49.7 Å². The maximum absolute atomic E-state index is 13.5. The molecule has 4 nitrogen and oxygen atoms in total. The van der Waals surface area contributed by atoms with E-state index < -0.39 is 10.0 Å². The molecule has 1 aliphatic rings. The molecule has 1 saturated heterocycles. The highest BCUT2D eigenvalue weighted by atomic mass is 32.2. The van der Waals surface area contributed by atoms with Crippen molar-refractivity contribution in [3.8, 4) is 0 Å². The van der Waals surface area contributed by atoms with Gasteiger partial charge in [0.05, 0.1) is 16.3 Å². The third kappa shape index (κ3) is 4.89. The molecular formula is C24H22F2N2O2S. The molecule has 0 spiro atoms. The van der Waals surface area contributed by atoms with Crippen LogP contribution in [0.3, 0.4) is 0 Å². The summed E-state index contributed by atoms with van der Waals surface area (Å²) in [6.45, 7) is 0.733. The van der Waals surface area contributed by atoms with Gasteiger partial charge in [-0.2, -0.15) is 4.31 Å². The average molecular weight is 441 g/mol. The Hall–Kier alpha value is -2.90. The zero-order valence-corrected chi connectivity index (χ0v) is 17.6. The molecule has 0 aliphatic carbocycles. The second-order valence-corrected chi connectivity index (χ2v) is 9.41. The minimum Gasteiger partial charge on any atom is -0.253 e. The third-order valence-corrected chi connectivity index (χ3v) is 7.35. The zero-order chi connectivity index (χ0) is 21.8. The highest BCUT2D eigenvalue weighted by Gasteiger charge is 2.31. The molecule has 0 unspecified atom stereocenters. The van der Waals surface area contributed by atoms with Gasteiger partial charge < -0.3 is 0 Å². The van der Waals surface area contributed by atoms with Crippen molar-refractivity contribution >= 4 is 21.4 Å². The average Bonchev–Trinajstić information content (AvgIpc) is 2.80. The molecule has 7 heteroatoms. The Balaban J connectivity index is 1.59. The second-order valence-electron chi connectivity index (χ2n) is 7.47. The first-order valence-corrected chi connectivity index (χ1v) is 11.5. The van der Waals surface area contributed by atoms with Crippen molar-refractivity contribution in [3.63, 3.8) is 0 Å². The molecular weight excluding hydrogens is 418 g/mol. The highest BCUT2D eigenvalue weighted by molar-refractivity contribution is 7.89. The van der Waals surface area contributed by atoms with Gasteiger partial charge in [-0.1, -0.05) is 30.3 Å². The van der Waals surface area contributed by atoms with E-state index >= 15 is 0 Å². The number of benzene rings is 3. The molecule has 0 saturated carbocycles. The number of piperidine rings is 1. The van der Waals surface area contributed by atoms with Gasteiger partial charge in [0.2, 0.25) is 10.0 Å². The normalized spacial score (nSPS) is 16.4. The standard InChI is InChI=1S/C24H22F2N2O2S/c25-20-8-6-18(7-9-20)24(27-22-12-10-21(26)11-13-22)19-14-16-28(17-15-19)31(29,30)23-4-2-1-3-5-23/h1-13,19H,14-17H2. The molecule has 0 N–H and O–H groups in total. The van der Waals surface area contributed by atoms with Crippen molar-refractivity contribution in [1.29, 1.82) is 0 Å². The summed E-state index contributed by atoms with van der Waals surface area (Å²) in [4.78, 5) is 5.01.